The molecule has 0 amide bonds. The van der Waals surface area contributed by atoms with Gasteiger partial charge in [-0.2, -0.15) is 0 Å². The Kier molecular flexibility index (Phi) is 1.07. The molecule has 50 valence electrons. The maximum atomic E-state index is 10.8. The van der Waals surface area contributed by atoms with Gasteiger partial charge in [0.15, 0.2) is 6.29 Å². The summed E-state index contributed by atoms with van der Waals surface area (Å²) in [6, 6.07) is 0. The van der Waals surface area contributed by atoms with Crippen molar-refractivity contribution >= 4 is 5.78 Å². The normalized spacial score (nSPS) is 41.6. The quantitative estimate of drug-likeness (QED) is 0.464. The van der Waals surface area contributed by atoms with Crippen LogP contribution in [0.3, 0.4) is 0 Å². The van der Waals surface area contributed by atoms with Crippen molar-refractivity contribution in [3.63, 3.8) is 0 Å². The smallest absolute Gasteiger partial charge is 0.165 e. The number of carbonyl (C=O) groups excluding carboxylic acids is 1. The van der Waals surface area contributed by atoms with Crippen LogP contribution in [0.25, 0.3) is 0 Å². The van der Waals surface area contributed by atoms with Crippen molar-refractivity contribution in [1.29, 1.82) is 0 Å². The number of fused-ring (bicyclic) bond motifs is 2. The maximum Gasteiger partial charge on any atom is 0.165 e. The Morgan fingerprint density at radius 2 is 2.33 bits per heavy atom. The molecule has 0 saturated carbocycles. The van der Waals surface area contributed by atoms with E-state index in [1.165, 1.54) is 0 Å². The average Bonchev–Trinajstić information content (AvgIpc) is 2.11. The zero-order valence-electron chi connectivity index (χ0n) is 5.00. The molecule has 0 aliphatic carbocycles. The molecule has 0 unspecified atom stereocenters. The summed E-state index contributed by atoms with van der Waals surface area (Å²) < 4.78 is 10.3. The second kappa shape index (κ2) is 1.78. The Morgan fingerprint density at radius 3 is 3.11 bits per heavy atom. The van der Waals surface area contributed by atoms with Crippen molar-refractivity contribution in [3.8, 4) is 0 Å². The first kappa shape index (κ1) is 5.38. The number of hydrogen-bond donors (Lipinski definition) is 0. The molecule has 2 rings (SSSR count). The summed E-state index contributed by atoms with van der Waals surface area (Å²) in [5.41, 5.74) is 0. The van der Waals surface area contributed by atoms with Gasteiger partial charge in [0.25, 0.3) is 0 Å². The van der Waals surface area contributed by atoms with Gasteiger partial charge in [-0.05, 0) is 0 Å². The topological polar surface area (TPSA) is 35.5 Å². The first-order chi connectivity index (χ1) is 4.34. The van der Waals surface area contributed by atoms with Gasteiger partial charge in [-0.15, -0.1) is 0 Å². The van der Waals surface area contributed by atoms with Gasteiger partial charge >= 0.3 is 0 Å². The van der Waals surface area contributed by atoms with E-state index in [9.17, 15) is 4.79 Å². The molecule has 3 nitrogen and oxygen atoms in total. The Hall–Kier alpha value is -0.410. The SMILES string of the molecule is O=C1C[C@H]2CO[C@H](C1)O2. The number of carbonyl (C=O) groups is 1. The lowest BCUT2D eigenvalue weighted by molar-refractivity contribution is -0.138. The minimum Gasteiger partial charge on any atom is -0.349 e. The number of ketones is 1. The molecular formula is C6H8O3. The number of hydrogen-bond acceptors (Lipinski definition) is 3. The lowest BCUT2D eigenvalue weighted by Crippen LogP contribution is -2.25. The molecule has 0 aromatic carbocycles. The Labute approximate surface area is 52.9 Å². The van der Waals surface area contributed by atoms with Crippen molar-refractivity contribution in [3.05, 3.63) is 0 Å². The molecule has 2 saturated heterocycles. The Bertz CT molecular complexity index is 129. The van der Waals surface area contributed by atoms with Crippen LogP contribution < -0.4 is 0 Å². The molecule has 2 heterocycles. The second-order valence-electron chi connectivity index (χ2n) is 2.47. The highest BCUT2D eigenvalue weighted by Gasteiger charge is 2.34. The van der Waals surface area contributed by atoms with Crippen LogP contribution in [0.2, 0.25) is 0 Å². The third kappa shape index (κ3) is 0.862. The van der Waals surface area contributed by atoms with E-state index in [-0.39, 0.29) is 18.2 Å². The zero-order chi connectivity index (χ0) is 6.27. The lowest BCUT2D eigenvalue weighted by Gasteiger charge is -2.15. The van der Waals surface area contributed by atoms with E-state index in [1.54, 1.807) is 0 Å². The van der Waals surface area contributed by atoms with Gasteiger partial charge in [-0.25, -0.2) is 0 Å². The summed E-state index contributed by atoms with van der Waals surface area (Å²) in [4.78, 5) is 10.8. The Balaban J connectivity index is 2.11. The van der Waals surface area contributed by atoms with E-state index in [1.807, 2.05) is 0 Å². The fourth-order valence-corrected chi connectivity index (χ4v) is 1.25. The molecule has 2 aliphatic heterocycles. The lowest BCUT2D eigenvalue weighted by atomic mass is 10.1. The number of rotatable bonds is 0. The Morgan fingerprint density at radius 1 is 1.44 bits per heavy atom. The summed E-state index contributed by atoms with van der Waals surface area (Å²) in [6.07, 6.45) is 0.861. The molecule has 2 fully saturated rings. The van der Waals surface area contributed by atoms with Crippen LogP contribution in [0, 0.1) is 0 Å². The van der Waals surface area contributed by atoms with Gasteiger partial charge in [0.1, 0.15) is 5.78 Å². The summed E-state index contributed by atoms with van der Waals surface area (Å²) in [5, 5.41) is 0. The van der Waals surface area contributed by atoms with Crippen LogP contribution >= 0.6 is 0 Å². The third-order valence-electron chi connectivity index (χ3n) is 1.66. The van der Waals surface area contributed by atoms with E-state index in [2.05, 4.69) is 0 Å². The van der Waals surface area contributed by atoms with Crippen LogP contribution in [0.1, 0.15) is 12.8 Å². The van der Waals surface area contributed by atoms with Gasteiger partial charge in [0.2, 0.25) is 0 Å². The van der Waals surface area contributed by atoms with Gasteiger partial charge in [-0.3, -0.25) is 4.79 Å². The first-order valence-electron chi connectivity index (χ1n) is 3.13. The molecule has 0 radical (unpaired) electrons. The van der Waals surface area contributed by atoms with Crippen LogP contribution in [0.15, 0.2) is 0 Å². The summed E-state index contributed by atoms with van der Waals surface area (Å²) in [7, 11) is 0. The first-order valence-corrected chi connectivity index (χ1v) is 3.13. The highest BCUT2D eigenvalue weighted by atomic mass is 16.7. The molecule has 2 atom stereocenters. The van der Waals surface area contributed by atoms with Gasteiger partial charge in [0.05, 0.1) is 19.1 Å². The van der Waals surface area contributed by atoms with Crippen molar-refractivity contribution in [1.82, 2.24) is 0 Å². The fraction of sp³-hybridized carbons (Fsp3) is 0.833. The standard InChI is InChI=1S/C6H8O3/c7-4-1-5-3-8-6(2-4)9-5/h5-6H,1-3H2/t5-,6-/m0/s1. The predicted molar refractivity (Wildman–Crippen MR) is 28.9 cm³/mol. The average molecular weight is 128 g/mol. The molecule has 0 spiro atoms. The number of Topliss-reactive ketones (excluding diaryl/α,β-unsaturated/α-hetero) is 1. The van der Waals surface area contributed by atoms with Crippen molar-refractivity contribution < 1.29 is 14.3 Å². The molecule has 2 aliphatic rings. The minimum absolute atomic E-state index is 0.0660. The van der Waals surface area contributed by atoms with Crippen LogP contribution in [0.4, 0.5) is 0 Å². The minimum atomic E-state index is -0.212. The van der Waals surface area contributed by atoms with E-state index in [0.29, 0.717) is 19.4 Å². The molecule has 0 aromatic heterocycles. The van der Waals surface area contributed by atoms with E-state index in [0.717, 1.165) is 0 Å². The van der Waals surface area contributed by atoms with E-state index < -0.39 is 0 Å². The summed E-state index contributed by atoms with van der Waals surface area (Å²) in [5.74, 6) is 0.272. The van der Waals surface area contributed by atoms with Crippen molar-refractivity contribution in [2.24, 2.45) is 0 Å². The second-order valence-corrected chi connectivity index (χ2v) is 2.47. The number of ether oxygens (including phenoxy) is 2. The molecule has 9 heavy (non-hydrogen) atoms. The molecular weight excluding hydrogens is 120 g/mol. The molecule has 0 N–H and O–H groups in total. The fourth-order valence-electron chi connectivity index (χ4n) is 1.25. The molecule has 0 aromatic rings. The van der Waals surface area contributed by atoms with Crippen molar-refractivity contribution in [2.75, 3.05) is 6.61 Å². The molecule has 3 heteroatoms. The van der Waals surface area contributed by atoms with E-state index >= 15 is 0 Å². The maximum absolute atomic E-state index is 10.8. The highest BCUT2D eigenvalue weighted by Crippen LogP contribution is 2.23. The van der Waals surface area contributed by atoms with Crippen LogP contribution in [0.5, 0.6) is 0 Å². The zero-order valence-corrected chi connectivity index (χ0v) is 5.00. The largest absolute Gasteiger partial charge is 0.349 e. The third-order valence-corrected chi connectivity index (χ3v) is 1.66. The predicted octanol–water partition coefficient (Wildman–Crippen LogP) is 0.0908. The van der Waals surface area contributed by atoms with Gasteiger partial charge in [-0.1, -0.05) is 0 Å². The van der Waals surface area contributed by atoms with Gasteiger partial charge < -0.3 is 9.47 Å². The highest BCUT2D eigenvalue weighted by molar-refractivity contribution is 5.80. The summed E-state index contributed by atoms with van der Waals surface area (Å²) in [6.45, 7) is 0.608. The summed E-state index contributed by atoms with van der Waals surface area (Å²) >= 11 is 0. The van der Waals surface area contributed by atoms with Gasteiger partial charge in [0, 0.05) is 6.42 Å². The molecule has 2 bridgehead atoms. The van der Waals surface area contributed by atoms with Crippen LogP contribution in [-0.4, -0.2) is 24.8 Å². The monoisotopic (exact) mass is 128 g/mol. The van der Waals surface area contributed by atoms with E-state index in [4.69, 9.17) is 9.47 Å². The van der Waals surface area contributed by atoms with Crippen molar-refractivity contribution in [2.45, 2.75) is 25.2 Å². The van der Waals surface area contributed by atoms with Crippen LogP contribution in [-0.2, 0) is 14.3 Å².